The highest BCUT2D eigenvalue weighted by Gasteiger charge is 2.30. The van der Waals surface area contributed by atoms with Crippen LogP contribution < -0.4 is 33.8 Å². The van der Waals surface area contributed by atoms with E-state index in [9.17, 15) is 0 Å². The van der Waals surface area contributed by atoms with Crippen LogP contribution in [0.2, 0.25) is 0 Å². The summed E-state index contributed by atoms with van der Waals surface area (Å²) in [7, 11) is 0. The number of likely N-dealkylation sites (N-methyl/N-ethyl adjacent to an activating group) is 1. The maximum atomic E-state index is 2.56. The zero-order valence-electron chi connectivity index (χ0n) is 23.2. The van der Waals surface area contributed by atoms with Crippen LogP contribution in [0.5, 0.6) is 0 Å². The molecule has 0 amide bonds. The van der Waals surface area contributed by atoms with Gasteiger partial charge in [-0.15, -0.1) is 0 Å². The van der Waals surface area contributed by atoms with E-state index in [0.717, 1.165) is 0 Å². The van der Waals surface area contributed by atoms with Crippen LogP contribution in [0.25, 0.3) is 0 Å². The third-order valence-corrected chi connectivity index (χ3v) is 7.21. The molecule has 204 valence electrons. The molecule has 0 atom stereocenters. The van der Waals surface area contributed by atoms with Gasteiger partial charge in [-0.25, -0.2) is 0 Å². The lowest BCUT2D eigenvalue weighted by Gasteiger charge is -2.45. The second kappa shape index (κ2) is 19.5. The number of hydrogen-bond donors (Lipinski definition) is 0. The number of halogens is 2. The van der Waals surface area contributed by atoms with Crippen molar-refractivity contribution in [2.24, 2.45) is 0 Å². The van der Waals surface area contributed by atoms with Gasteiger partial charge in [-0.2, -0.15) is 0 Å². The monoisotopic (exact) mass is 720 g/mol. The molecule has 0 unspecified atom stereocenters. The van der Waals surface area contributed by atoms with Crippen LogP contribution in [-0.4, -0.2) is 85.8 Å². The summed E-state index contributed by atoms with van der Waals surface area (Å²) in [6.07, 6.45) is 2.57. The SMILES string of the molecule is CCCN1CCN(c2ccccc2)CC1.CCC[N+]1(CC)CCN(c2ccccc2)CC1.CCI.[I-]. The molecule has 0 spiro atoms. The summed E-state index contributed by atoms with van der Waals surface area (Å²) in [6, 6.07) is 21.5. The van der Waals surface area contributed by atoms with Crippen LogP contribution in [0.4, 0.5) is 11.4 Å². The topological polar surface area (TPSA) is 9.72 Å². The maximum Gasteiger partial charge on any atom is 0.0965 e. The predicted molar refractivity (Wildman–Crippen MR) is 164 cm³/mol. The van der Waals surface area contributed by atoms with Gasteiger partial charge >= 0.3 is 0 Å². The van der Waals surface area contributed by atoms with E-state index in [0.29, 0.717) is 0 Å². The molecule has 2 aromatic rings. The summed E-state index contributed by atoms with van der Waals surface area (Å²) in [6.45, 7) is 22.7. The molecule has 2 aliphatic rings. The third-order valence-electron chi connectivity index (χ3n) is 7.21. The lowest BCUT2D eigenvalue weighted by Crippen LogP contribution is -3.00. The van der Waals surface area contributed by atoms with Gasteiger partial charge in [0.2, 0.25) is 0 Å². The van der Waals surface area contributed by atoms with Crippen molar-refractivity contribution in [1.82, 2.24) is 4.90 Å². The van der Waals surface area contributed by atoms with Crippen LogP contribution in [0.1, 0.15) is 40.5 Å². The highest BCUT2D eigenvalue weighted by atomic mass is 127. The average Bonchev–Trinajstić information content (AvgIpc) is 2.92. The molecule has 2 aromatic carbocycles. The number of anilines is 2. The minimum atomic E-state index is 0. The standard InChI is InChI=1S/C15H25N2.C13H20N2.C2H5I.HI/c1-3-12-17(4-2)13-10-16(11-14-17)15-8-6-5-7-9-15;1-2-8-14-9-11-15(12-10-14)13-6-4-3-5-7-13;1-2-3;/h5-9H,3-4,10-14H2,1-2H3;3-7H,2,8-12H2,1H3;2H2,1H3;1H/q+1;;;/p-1. The van der Waals surface area contributed by atoms with Gasteiger partial charge < -0.3 is 38.3 Å². The van der Waals surface area contributed by atoms with E-state index in [-0.39, 0.29) is 24.0 Å². The smallest absolute Gasteiger partial charge is 0.0965 e. The normalized spacial score (nSPS) is 17.1. The van der Waals surface area contributed by atoms with E-state index >= 15 is 0 Å². The molecule has 0 saturated carbocycles. The largest absolute Gasteiger partial charge is 1.00 e. The van der Waals surface area contributed by atoms with Crippen molar-refractivity contribution >= 4 is 34.0 Å². The zero-order chi connectivity index (χ0) is 25.4. The number of rotatable bonds is 7. The fraction of sp³-hybridized carbons (Fsp3) is 0.600. The number of alkyl halides is 1. The first-order valence-corrected chi connectivity index (χ1v) is 15.4. The van der Waals surface area contributed by atoms with Crippen molar-refractivity contribution in [2.45, 2.75) is 40.5 Å². The Labute approximate surface area is 253 Å². The summed E-state index contributed by atoms with van der Waals surface area (Å²) in [5, 5.41) is 0. The van der Waals surface area contributed by atoms with E-state index in [4.69, 9.17) is 0 Å². The maximum absolute atomic E-state index is 2.56. The second-order valence-corrected chi connectivity index (χ2v) is 11.1. The van der Waals surface area contributed by atoms with Gasteiger partial charge in [0.1, 0.15) is 0 Å². The molecular formula is C30H50I2N4. The summed E-state index contributed by atoms with van der Waals surface area (Å²) < 4.78 is 2.54. The highest BCUT2D eigenvalue weighted by molar-refractivity contribution is 14.1. The molecule has 0 N–H and O–H groups in total. The van der Waals surface area contributed by atoms with Crippen LogP contribution in [-0.2, 0) is 0 Å². The van der Waals surface area contributed by atoms with Crippen LogP contribution in [0, 0.1) is 0 Å². The Morgan fingerprint density at radius 1 is 0.667 bits per heavy atom. The van der Waals surface area contributed by atoms with Crippen molar-refractivity contribution in [3.8, 4) is 0 Å². The first-order chi connectivity index (χ1) is 17.1. The molecule has 36 heavy (non-hydrogen) atoms. The minimum absolute atomic E-state index is 0. The van der Waals surface area contributed by atoms with E-state index < -0.39 is 0 Å². The first-order valence-electron chi connectivity index (χ1n) is 13.8. The molecule has 0 aliphatic carbocycles. The number of hydrogen-bond acceptors (Lipinski definition) is 3. The van der Waals surface area contributed by atoms with Crippen LogP contribution in [0.3, 0.4) is 0 Å². The minimum Gasteiger partial charge on any atom is -1.00 e. The molecule has 2 heterocycles. The Morgan fingerprint density at radius 3 is 1.50 bits per heavy atom. The number of nitrogens with zero attached hydrogens (tertiary/aromatic N) is 4. The predicted octanol–water partition coefficient (Wildman–Crippen LogP) is 3.42. The molecule has 0 aromatic heterocycles. The van der Waals surface area contributed by atoms with Gasteiger partial charge in [-0.3, -0.25) is 4.90 Å². The number of piperazine rings is 2. The Balaban J connectivity index is 0.000000319. The molecular weight excluding hydrogens is 670 g/mol. The molecule has 2 aliphatic heterocycles. The van der Waals surface area contributed by atoms with Gasteiger partial charge in [-0.05, 0) is 55.0 Å². The fourth-order valence-corrected chi connectivity index (χ4v) is 5.14. The van der Waals surface area contributed by atoms with Crippen LogP contribution >= 0.6 is 22.6 Å². The average molecular weight is 721 g/mol. The van der Waals surface area contributed by atoms with Gasteiger partial charge in [-0.1, -0.05) is 79.8 Å². The van der Waals surface area contributed by atoms with Crippen molar-refractivity contribution in [1.29, 1.82) is 0 Å². The quantitative estimate of drug-likeness (QED) is 0.247. The van der Waals surface area contributed by atoms with Crippen molar-refractivity contribution in [3.05, 3.63) is 60.7 Å². The summed E-state index contributed by atoms with van der Waals surface area (Å²) in [4.78, 5) is 7.56. The molecule has 2 saturated heterocycles. The molecule has 0 bridgehead atoms. The fourth-order valence-electron chi connectivity index (χ4n) is 5.14. The van der Waals surface area contributed by atoms with E-state index in [1.165, 1.54) is 105 Å². The Kier molecular flexibility index (Phi) is 18.1. The second-order valence-electron chi connectivity index (χ2n) is 9.58. The lowest BCUT2D eigenvalue weighted by molar-refractivity contribution is -0.927. The number of para-hydroxylation sites is 2. The molecule has 4 nitrogen and oxygen atoms in total. The Morgan fingerprint density at radius 2 is 1.11 bits per heavy atom. The lowest BCUT2D eigenvalue weighted by atomic mass is 10.2. The summed E-state index contributed by atoms with van der Waals surface area (Å²) >= 11 is 2.29. The van der Waals surface area contributed by atoms with Gasteiger partial charge in [0.25, 0.3) is 0 Å². The van der Waals surface area contributed by atoms with Gasteiger partial charge in [0.15, 0.2) is 0 Å². The number of quaternary nitrogens is 1. The summed E-state index contributed by atoms with van der Waals surface area (Å²) in [5.74, 6) is 0. The van der Waals surface area contributed by atoms with Crippen molar-refractivity contribution in [3.63, 3.8) is 0 Å². The molecule has 4 rings (SSSR count). The number of benzene rings is 2. The van der Waals surface area contributed by atoms with E-state index in [1.807, 2.05) is 0 Å². The Hall–Kier alpha value is -0.580. The van der Waals surface area contributed by atoms with Gasteiger partial charge in [0.05, 0.1) is 39.3 Å². The molecule has 2 fully saturated rings. The first kappa shape index (κ1) is 33.4. The zero-order valence-corrected chi connectivity index (χ0v) is 27.5. The van der Waals surface area contributed by atoms with Crippen molar-refractivity contribution in [2.75, 3.05) is 86.2 Å². The van der Waals surface area contributed by atoms with Crippen LogP contribution in [0.15, 0.2) is 60.7 Å². The molecule has 6 heteroatoms. The van der Waals surface area contributed by atoms with E-state index in [1.54, 1.807) is 0 Å². The third kappa shape index (κ3) is 11.4. The molecule has 0 radical (unpaired) electrons. The summed E-state index contributed by atoms with van der Waals surface area (Å²) in [5.41, 5.74) is 2.76. The Bertz CT molecular complexity index is 759. The van der Waals surface area contributed by atoms with E-state index in [2.05, 4.69) is 126 Å². The van der Waals surface area contributed by atoms with Gasteiger partial charge in [0, 0.05) is 37.6 Å². The highest BCUT2D eigenvalue weighted by Crippen LogP contribution is 2.20. The van der Waals surface area contributed by atoms with Crippen molar-refractivity contribution < 1.29 is 28.5 Å².